The lowest BCUT2D eigenvalue weighted by Crippen LogP contribution is -2.49. The number of rotatable bonds is 7. The lowest BCUT2D eigenvalue weighted by molar-refractivity contribution is -0.128. The van der Waals surface area contributed by atoms with Gasteiger partial charge in [-0.3, -0.25) is 4.79 Å². The fourth-order valence-corrected chi connectivity index (χ4v) is 3.68. The molecular formula is C18H35NO2. The first-order valence-electron chi connectivity index (χ1n) is 9.05. The number of hydrogen-bond donors (Lipinski definition) is 0. The Kier molecular flexibility index (Phi) is 9.73. The summed E-state index contributed by atoms with van der Waals surface area (Å²) in [5.41, 5.74) is 0. The second-order valence-corrected chi connectivity index (χ2v) is 6.47. The van der Waals surface area contributed by atoms with Crippen LogP contribution in [0.2, 0.25) is 0 Å². The maximum absolute atomic E-state index is 9.18. The Morgan fingerprint density at radius 2 is 1.76 bits per heavy atom. The Labute approximate surface area is 131 Å². The summed E-state index contributed by atoms with van der Waals surface area (Å²) in [6.07, 6.45) is 11.7. The zero-order valence-electron chi connectivity index (χ0n) is 14.4. The Morgan fingerprint density at radius 1 is 1.10 bits per heavy atom. The van der Waals surface area contributed by atoms with Crippen molar-refractivity contribution in [2.24, 2.45) is 11.8 Å². The van der Waals surface area contributed by atoms with Gasteiger partial charge in [0.1, 0.15) is 0 Å². The molecule has 21 heavy (non-hydrogen) atoms. The van der Waals surface area contributed by atoms with Crippen LogP contribution in [0.15, 0.2) is 0 Å². The Morgan fingerprint density at radius 3 is 2.14 bits per heavy atom. The minimum absolute atomic E-state index is 0.431. The van der Waals surface area contributed by atoms with E-state index in [-0.39, 0.29) is 0 Å². The number of nitrogens with zero attached hydrogens (tertiary/aromatic N) is 1. The van der Waals surface area contributed by atoms with Gasteiger partial charge in [0.15, 0.2) is 0 Å². The van der Waals surface area contributed by atoms with Crippen LogP contribution in [0.4, 0.5) is 0 Å². The van der Waals surface area contributed by atoms with E-state index in [1.54, 1.807) is 6.92 Å². The van der Waals surface area contributed by atoms with Gasteiger partial charge in [-0.15, -0.1) is 0 Å². The Hall–Kier alpha value is -0.570. The Balaban J connectivity index is 0.000000383. The monoisotopic (exact) mass is 297 g/mol. The molecule has 2 rings (SSSR count). The summed E-state index contributed by atoms with van der Waals surface area (Å²) in [6.45, 7) is 10.2. The second kappa shape index (κ2) is 11.1. The normalized spacial score (nSPS) is 25.7. The van der Waals surface area contributed by atoms with Crippen molar-refractivity contribution in [3.05, 3.63) is 0 Å². The van der Waals surface area contributed by atoms with Crippen LogP contribution in [0.1, 0.15) is 72.1 Å². The molecule has 0 aromatic rings. The molecule has 2 fully saturated rings. The quantitative estimate of drug-likeness (QED) is 0.658. The van der Waals surface area contributed by atoms with Crippen molar-refractivity contribution in [2.45, 2.75) is 78.2 Å². The van der Waals surface area contributed by atoms with Crippen molar-refractivity contribution < 1.29 is 9.53 Å². The molecule has 0 spiro atoms. The first-order valence-corrected chi connectivity index (χ1v) is 9.05. The minimum atomic E-state index is 0.431. The van der Waals surface area contributed by atoms with Crippen molar-refractivity contribution in [3.63, 3.8) is 0 Å². The summed E-state index contributed by atoms with van der Waals surface area (Å²) in [4.78, 5) is 12.0. The van der Waals surface area contributed by atoms with Gasteiger partial charge in [0.2, 0.25) is 0 Å². The summed E-state index contributed by atoms with van der Waals surface area (Å²) in [5.74, 6) is 2.04. The first-order chi connectivity index (χ1) is 10.3. The fourth-order valence-electron chi connectivity index (χ4n) is 3.68. The van der Waals surface area contributed by atoms with E-state index in [1.807, 2.05) is 0 Å². The molecular weight excluding hydrogens is 262 g/mol. The van der Waals surface area contributed by atoms with Crippen LogP contribution in [-0.2, 0) is 9.53 Å². The molecule has 0 aromatic carbocycles. The molecule has 3 nitrogen and oxygen atoms in total. The van der Waals surface area contributed by atoms with E-state index in [4.69, 9.17) is 0 Å². The molecule has 0 N–H and O–H groups in total. The largest absolute Gasteiger partial charge is 0.468 e. The molecule has 2 unspecified atom stereocenters. The molecule has 1 saturated heterocycles. The van der Waals surface area contributed by atoms with Gasteiger partial charge in [0.05, 0.1) is 6.61 Å². The van der Waals surface area contributed by atoms with Crippen LogP contribution in [0.5, 0.6) is 0 Å². The molecule has 1 aliphatic heterocycles. The van der Waals surface area contributed by atoms with Crippen LogP contribution in [0, 0.1) is 11.8 Å². The number of piperidine rings is 1. The molecule has 1 aliphatic carbocycles. The second-order valence-electron chi connectivity index (χ2n) is 6.47. The van der Waals surface area contributed by atoms with E-state index in [0.29, 0.717) is 13.1 Å². The van der Waals surface area contributed by atoms with Crippen molar-refractivity contribution in [2.75, 3.05) is 19.7 Å². The number of carbonyl (C=O) groups excluding carboxylic acids is 1. The first kappa shape index (κ1) is 18.5. The molecule has 2 atom stereocenters. The highest BCUT2D eigenvalue weighted by Crippen LogP contribution is 2.39. The number of likely N-dealkylation sites (tertiary alicyclic amines) is 1. The average Bonchev–Trinajstić information content (AvgIpc) is 2.50. The Bertz CT molecular complexity index is 260. The molecule has 0 radical (unpaired) electrons. The van der Waals surface area contributed by atoms with Gasteiger partial charge in [-0.25, -0.2) is 0 Å². The lowest BCUT2D eigenvalue weighted by Gasteiger charge is -2.47. The number of hydrogen-bond acceptors (Lipinski definition) is 3. The van der Waals surface area contributed by atoms with Crippen LogP contribution in [-0.4, -0.2) is 37.1 Å². The highest BCUT2D eigenvalue weighted by Gasteiger charge is 2.36. The maximum atomic E-state index is 9.18. The van der Waals surface area contributed by atoms with Crippen molar-refractivity contribution >= 4 is 6.47 Å². The zero-order valence-corrected chi connectivity index (χ0v) is 14.4. The van der Waals surface area contributed by atoms with E-state index >= 15 is 0 Å². The van der Waals surface area contributed by atoms with Gasteiger partial charge < -0.3 is 9.64 Å². The summed E-state index contributed by atoms with van der Waals surface area (Å²) in [6, 6.07) is 0.973. The van der Waals surface area contributed by atoms with E-state index in [2.05, 4.69) is 23.5 Å². The van der Waals surface area contributed by atoms with Gasteiger partial charge in [-0.2, -0.15) is 0 Å². The highest BCUT2D eigenvalue weighted by atomic mass is 16.5. The summed E-state index contributed by atoms with van der Waals surface area (Å²) in [5, 5.41) is 0. The van der Waals surface area contributed by atoms with Crippen LogP contribution < -0.4 is 0 Å². The minimum Gasteiger partial charge on any atom is -0.468 e. The van der Waals surface area contributed by atoms with Crippen LogP contribution in [0.25, 0.3) is 0 Å². The number of ether oxygens (including phenoxy) is 1. The lowest BCUT2D eigenvalue weighted by atomic mass is 9.72. The predicted octanol–water partition coefficient (Wildman–Crippen LogP) is 4.26. The van der Waals surface area contributed by atoms with E-state index in [9.17, 15) is 4.79 Å². The van der Waals surface area contributed by atoms with Crippen LogP contribution in [0.3, 0.4) is 0 Å². The zero-order chi connectivity index (χ0) is 15.5. The van der Waals surface area contributed by atoms with Crippen molar-refractivity contribution in [3.8, 4) is 0 Å². The molecule has 3 heteroatoms. The third kappa shape index (κ3) is 6.37. The molecule has 1 heterocycles. The SMILES string of the molecule is CCC(CC)CC1CCC1N1CCCCC1.CCOC=O. The van der Waals surface area contributed by atoms with E-state index < -0.39 is 0 Å². The predicted molar refractivity (Wildman–Crippen MR) is 88.3 cm³/mol. The fraction of sp³-hybridized carbons (Fsp3) is 0.944. The maximum Gasteiger partial charge on any atom is 0.293 e. The van der Waals surface area contributed by atoms with E-state index in [0.717, 1.165) is 17.9 Å². The average molecular weight is 297 g/mol. The van der Waals surface area contributed by atoms with Crippen molar-refractivity contribution in [1.82, 2.24) is 4.90 Å². The summed E-state index contributed by atoms with van der Waals surface area (Å²) in [7, 11) is 0. The smallest absolute Gasteiger partial charge is 0.293 e. The van der Waals surface area contributed by atoms with Gasteiger partial charge in [0.25, 0.3) is 6.47 Å². The summed E-state index contributed by atoms with van der Waals surface area (Å²) < 4.78 is 4.15. The topological polar surface area (TPSA) is 29.5 Å². The standard InChI is InChI=1S/C15H29N.C3H6O2/c1-3-13(4-2)12-14-8-9-15(14)16-10-6-5-7-11-16;1-2-5-3-4/h13-15H,3-12H2,1-2H3;3H,2H2,1H3. The third-order valence-electron chi connectivity index (χ3n) is 5.26. The molecule has 1 saturated carbocycles. The van der Waals surface area contributed by atoms with Crippen LogP contribution >= 0.6 is 0 Å². The molecule has 2 aliphatic rings. The van der Waals surface area contributed by atoms with Gasteiger partial charge in [0, 0.05) is 6.04 Å². The molecule has 0 aromatic heterocycles. The van der Waals surface area contributed by atoms with Crippen molar-refractivity contribution in [1.29, 1.82) is 0 Å². The highest BCUT2D eigenvalue weighted by molar-refractivity contribution is 5.36. The summed E-state index contributed by atoms with van der Waals surface area (Å²) >= 11 is 0. The number of carbonyl (C=O) groups is 1. The van der Waals surface area contributed by atoms with Gasteiger partial charge in [-0.1, -0.05) is 33.1 Å². The molecule has 0 amide bonds. The third-order valence-corrected chi connectivity index (χ3v) is 5.26. The van der Waals surface area contributed by atoms with Gasteiger partial charge in [-0.05, 0) is 64.0 Å². The van der Waals surface area contributed by atoms with E-state index in [1.165, 1.54) is 64.5 Å². The van der Waals surface area contributed by atoms with Gasteiger partial charge >= 0.3 is 0 Å². The molecule has 0 bridgehead atoms. The molecule has 124 valence electrons.